The van der Waals surface area contributed by atoms with Gasteiger partial charge >= 0.3 is 5.97 Å². The second-order valence-corrected chi connectivity index (χ2v) is 3.95. The molecule has 0 saturated heterocycles. The Morgan fingerprint density at radius 1 is 1.11 bits per heavy atom. The van der Waals surface area contributed by atoms with Crippen molar-refractivity contribution in [1.29, 1.82) is 0 Å². The third kappa shape index (κ3) is 2.83. The maximum absolute atomic E-state index is 10.9. The quantitative estimate of drug-likeness (QED) is 0.838. The van der Waals surface area contributed by atoms with E-state index in [1.54, 1.807) is 6.20 Å². The number of nitrogens with zero attached hydrogens (tertiary/aromatic N) is 1. The number of rotatable bonds is 3. The zero-order valence-electron chi connectivity index (χ0n) is 10.00. The van der Waals surface area contributed by atoms with Crippen molar-refractivity contribution in [2.45, 2.75) is 6.92 Å². The van der Waals surface area contributed by atoms with Crippen molar-refractivity contribution in [2.75, 3.05) is 0 Å². The summed E-state index contributed by atoms with van der Waals surface area (Å²) >= 11 is 0. The lowest BCUT2D eigenvalue weighted by molar-refractivity contribution is -0.131. The lowest BCUT2D eigenvalue weighted by Crippen LogP contribution is -1.95. The molecule has 1 heterocycles. The summed E-state index contributed by atoms with van der Waals surface area (Å²) in [5.41, 5.74) is 3.23. The summed E-state index contributed by atoms with van der Waals surface area (Å²) in [6, 6.07) is 13.2. The van der Waals surface area contributed by atoms with Crippen molar-refractivity contribution < 1.29 is 9.90 Å². The normalized spacial score (nSPS) is 11.3. The van der Waals surface area contributed by atoms with Crippen LogP contribution in [0.1, 0.15) is 16.8 Å². The van der Waals surface area contributed by atoms with Crippen LogP contribution >= 0.6 is 0 Å². The van der Waals surface area contributed by atoms with Crippen molar-refractivity contribution in [2.24, 2.45) is 0 Å². The fraction of sp³-hybridized carbons (Fsp3) is 0.0667. The minimum Gasteiger partial charge on any atom is -0.478 e. The Balaban J connectivity index is 2.51. The molecule has 90 valence electrons. The highest BCUT2D eigenvalue weighted by Gasteiger charge is 2.07. The standard InChI is InChI=1S/C15H13NO2/c1-11-7-8-13(10-16-11)14(9-15(17)18)12-5-3-2-4-6-12/h2-10H,1H3,(H,17,18)/b14-9-. The molecular weight excluding hydrogens is 226 g/mol. The zero-order valence-corrected chi connectivity index (χ0v) is 10.00. The third-order valence-electron chi connectivity index (χ3n) is 2.57. The molecule has 0 amide bonds. The predicted molar refractivity (Wildman–Crippen MR) is 70.1 cm³/mol. The van der Waals surface area contributed by atoms with E-state index in [0.717, 1.165) is 16.8 Å². The Bertz CT molecular complexity index is 571. The van der Waals surface area contributed by atoms with Gasteiger partial charge in [-0.2, -0.15) is 0 Å². The summed E-state index contributed by atoms with van der Waals surface area (Å²) in [5, 5.41) is 8.96. The van der Waals surface area contributed by atoms with Crippen molar-refractivity contribution >= 4 is 11.5 Å². The molecule has 2 aromatic rings. The topological polar surface area (TPSA) is 50.2 Å². The fourth-order valence-corrected chi connectivity index (χ4v) is 1.70. The van der Waals surface area contributed by atoms with Crippen LogP contribution < -0.4 is 0 Å². The monoisotopic (exact) mass is 239 g/mol. The molecule has 0 fully saturated rings. The first-order chi connectivity index (χ1) is 8.66. The van der Waals surface area contributed by atoms with Crippen LogP contribution in [0.15, 0.2) is 54.7 Å². The summed E-state index contributed by atoms with van der Waals surface area (Å²) in [6.45, 7) is 1.90. The Morgan fingerprint density at radius 2 is 1.83 bits per heavy atom. The van der Waals surface area contributed by atoms with E-state index in [4.69, 9.17) is 5.11 Å². The van der Waals surface area contributed by atoms with Gasteiger partial charge in [-0.15, -0.1) is 0 Å². The number of hydrogen-bond acceptors (Lipinski definition) is 2. The number of carbonyl (C=O) groups is 1. The average molecular weight is 239 g/mol. The van der Waals surface area contributed by atoms with E-state index in [1.807, 2.05) is 49.4 Å². The molecule has 0 unspecified atom stereocenters. The van der Waals surface area contributed by atoms with E-state index in [-0.39, 0.29) is 0 Å². The van der Waals surface area contributed by atoms with Crippen LogP contribution in [0.25, 0.3) is 5.57 Å². The molecule has 3 nitrogen and oxygen atoms in total. The summed E-state index contributed by atoms with van der Waals surface area (Å²) < 4.78 is 0. The van der Waals surface area contributed by atoms with Gasteiger partial charge in [-0.3, -0.25) is 4.98 Å². The summed E-state index contributed by atoms with van der Waals surface area (Å²) in [6.07, 6.45) is 2.90. The Labute approximate surface area is 105 Å². The van der Waals surface area contributed by atoms with Crippen LogP contribution in [0.2, 0.25) is 0 Å². The van der Waals surface area contributed by atoms with E-state index in [2.05, 4.69) is 4.98 Å². The second-order valence-electron chi connectivity index (χ2n) is 3.95. The van der Waals surface area contributed by atoms with Gasteiger partial charge in [0.1, 0.15) is 0 Å². The maximum atomic E-state index is 10.9. The van der Waals surface area contributed by atoms with Gasteiger partial charge in [-0.05, 0) is 24.1 Å². The average Bonchev–Trinajstić information content (AvgIpc) is 2.38. The molecule has 1 aromatic carbocycles. The molecule has 1 N–H and O–H groups in total. The lowest BCUT2D eigenvalue weighted by Gasteiger charge is -2.07. The Morgan fingerprint density at radius 3 is 2.39 bits per heavy atom. The van der Waals surface area contributed by atoms with Crippen molar-refractivity contribution in [1.82, 2.24) is 4.98 Å². The fourth-order valence-electron chi connectivity index (χ4n) is 1.70. The molecule has 0 saturated carbocycles. The van der Waals surface area contributed by atoms with Crippen LogP contribution in [0.4, 0.5) is 0 Å². The minimum absolute atomic E-state index is 0.663. The summed E-state index contributed by atoms with van der Waals surface area (Å²) in [4.78, 5) is 15.1. The number of aryl methyl sites for hydroxylation is 1. The van der Waals surface area contributed by atoms with E-state index >= 15 is 0 Å². The molecule has 0 aliphatic heterocycles. The molecule has 0 aliphatic carbocycles. The van der Waals surface area contributed by atoms with Crippen LogP contribution in [0.5, 0.6) is 0 Å². The summed E-state index contributed by atoms with van der Waals surface area (Å²) in [5.74, 6) is -0.963. The van der Waals surface area contributed by atoms with E-state index in [0.29, 0.717) is 5.57 Å². The van der Waals surface area contributed by atoms with Gasteiger partial charge in [0.05, 0.1) is 0 Å². The van der Waals surface area contributed by atoms with E-state index < -0.39 is 5.97 Å². The number of pyridine rings is 1. The number of benzene rings is 1. The molecule has 0 spiro atoms. The largest absolute Gasteiger partial charge is 0.478 e. The molecule has 0 radical (unpaired) electrons. The van der Waals surface area contributed by atoms with Crippen LogP contribution in [-0.2, 0) is 4.79 Å². The van der Waals surface area contributed by atoms with Crippen molar-refractivity contribution in [3.8, 4) is 0 Å². The minimum atomic E-state index is -0.963. The van der Waals surface area contributed by atoms with Crippen molar-refractivity contribution in [3.05, 3.63) is 71.6 Å². The zero-order chi connectivity index (χ0) is 13.0. The highest BCUT2D eigenvalue weighted by molar-refractivity contribution is 5.95. The molecule has 0 atom stereocenters. The van der Waals surface area contributed by atoms with Crippen LogP contribution in [-0.4, -0.2) is 16.1 Å². The van der Waals surface area contributed by atoms with E-state index in [9.17, 15) is 4.79 Å². The highest BCUT2D eigenvalue weighted by atomic mass is 16.4. The molecule has 1 aromatic heterocycles. The number of aromatic nitrogens is 1. The highest BCUT2D eigenvalue weighted by Crippen LogP contribution is 2.22. The molecular formula is C15H13NO2. The van der Waals surface area contributed by atoms with Crippen molar-refractivity contribution in [3.63, 3.8) is 0 Å². The lowest BCUT2D eigenvalue weighted by atomic mass is 9.99. The van der Waals surface area contributed by atoms with Gasteiger partial charge in [0.25, 0.3) is 0 Å². The number of hydrogen-bond donors (Lipinski definition) is 1. The molecule has 3 heteroatoms. The third-order valence-corrected chi connectivity index (χ3v) is 2.57. The van der Waals surface area contributed by atoms with Gasteiger partial charge in [-0.25, -0.2) is 4.79 Å². The first-order valence-corrected chi connectivity index (χ1v) is 5.60. The van der Waals surface area contributed by atoms with Crippen LogP contribution in [0.3, 0.4) is 0 Å². The van der Waals surface area contributed by atoms with Gasteiger partial charge in [-0.1, -0.05) is 36.4 Å². The molecule has 0 bridgehead atoms. The smallest absolute Gasteiger partial charge is 0.328 e. The first-order valence-electron chi connectivity index (χ1n) is 5.60. The first kappa shape index (κ1) is 12.0. The predicted octanol–water partition coefficient (Wildman–Crippen LogP) is 2.91. The number of aliphatic carboxylic acids is 1. The van der Waals surface area contributed by atoms with Gasteiger partial charge in [0.2, 0.25) is 0 Å². The van der Waals surface area contributed by atoms with E-state index in [1.165, 1.54) is 6.08 Å². The molecule has 0 aliphatic rings. The SMILES string of the molecule is Cc1ccc(/C(=C\C(=O)O)c2ccccc2)cn1. The maximum Gasteiger partial charge on any atom is 0.328 e. The van der Waals surface area contributed by atoms with Gasteiger partial charge in [0.15, 0.2) is 0 Å². The molecule has 18 heavy (non-hydrogen) atoms. The molecule has 2 rings (SSSR count). The Hall–Kier alpha value is -2.42. The van der Waals surface area contributed by atoms with Gasteiger partial charge in [0, 0.05) is 23.5 Å². The number of carboxylic acids is 1. The van der Waals surface area contributed by atoms with Gasteiger partial charge < -0.3 is 5.11 Å². The van der Waals surface area contributed by atoms with Crippen LogP contribution in [0, 0.1) is 6.92 Å². The summed E-state index contributed by atoms with van der Waals surface area (Å²) in [7, 11) is 0. The Kier molecular flexibility index (Phi) is 3.53. The second kappa shape index (κ2) is 5.27. The number of carboxylic acid groups (broad SMARTS) is 1.